The van der Waals surface area contributed by atoms with E-state index in [0.29, 0.717) is 23.4 Å². The molecule has 3 rings (SSSR count). The maximum Gasteiger partial charge on any atom is 0.338 e. The first-order valence-corrected chi connectivity index (χ1v) is 10.7. The number of anilines is 2. The third-order valence-corrected chi connectivity index (χ3v) is 6.13. The Morgan fingerprint density at radius 2 is 1.86 bits per heavy atom. The van der Waals surface area contributed by atoms with Gasteiger partial charge in [-0.3, -0.25) is 4.90 Å². The van der Waals surface area contributed by atoms with Gasteiger partial charge in [0.15, 0.2) is 0 Å². The average molecular weight is 417 g/mol. The van der Waals surface area contributed by atoms with E-state index >= 15 is 0 Å². The van der Waals surface area contributed by atoms with Crippen molar-refractivity contribution in [3.63, 3.8) is 0 Å². The normalized spacial score (nSPS) is 15.7. The Bertz CT molecular complexity index is 1030. The second-order valence-corrected chi connectivity index (χ2v) is 8.54. The lowest BCUT2D eigenvalue weighted by Gasteiger charge is -2.23. The monoisotopic (exact) mass is 417 g/mol. The van der Waals surface area contributed by atoms with Gasteiger partial charge in [0.1, 0.15) is 0 Å². The van der Waals surface area contributed by atoms with E-state index in [1.54, 1.807) is 42.2 Å². The third-order valence-electron chi connectivity index (χ3n) is 4.72. The van der Waals surface area contributed by atoms with Crippen molar-refractivity contribution in [3.8, 4) is 0 Å². The molecule has 9 heteroatoms. The van der Waals surface area contributed by atoms with E-state index in [9.17, 15) is 18.0 Å². The number of amides is 2. The van der Waals surface area contributed by atoms with Gasteiger partial charge >= 0.3 is 12.0 Å². The number of carbonyl (C=O) groups is 2. The van der Waals surface area contributed by atoms with Crippen LogP contribution in [0.4, 0.5) is 16.2 Å². The molecule has 0 spiro atoms. The number of esters is 1. The van der Waals surface area contributed by atoms with Crippen molar-refractivity contribution < 1.29 is 22.7 Å². The van der Waals surface area contributed by atoms with Crippen LogP contribution < -0.4 is 14.9 Å². The molecule has 1 heterocycles. The molecule has 1 aliphatic heterocycles. The van der Waals surface area contributed by atoms with Crippen molar-refractivity contribution in [2.75, 3.05) is 23.9 Å². The van der Waals surface area contributed by atoms with Crippen LogP contribution in [-0.2, 0) is 21.2 Å². The van der Waals surface area contributed by atoms with Gasteiger partial charge in [-0.05, 0) is 69.3 Å². The number of sulfonamides is 1. The highest BCUT2D eigenvalue weighted by molar-refractivity contribution is 7.89. The predicted molar refractivity (Wildman–Crippen MR) is 110 cm³/mol. The number of fused-ring (bicyclic) bond motifs is 1. The zero-order valence-electron chi connectivity index (χ0n) is 16.4. The molecular weight excluding hydrogens is 394 g/mol. The SMILES string of the molecule is CCOC(=O)c1ccc(NC(=O)N2c3cc(S(=O)(=O)NC)ccc3CC2C)cc1. The van der Waals surface area contributed by atoms with E-state index in [4.69, 9.17) is 4.74 Å². The van der Waals surface area contributed by atoms with Gasteiger partial charge in [-0.15, -0.1) is 0 Å². The number of benzene rings is 2. The van der Waals surface area contributed by atoms with Crippen molar-refractivity contribution in [1.82, 2.24) is 4.72 Å². The molecule has 0 radical (unpaired) electrons. The fourth-order valence-electron chi connectivity index (χ4n) is 3.27. The number of rotatable bonds is 5. The molecule has 0 saturated carbocycles. The van der Waals surface area contributed by atoms with Gasteiger partial charge in [0, 0.05) is 11.7 Å². The first-order chi connectivity index (χ1) is 13.8. The van der Waals surface area contributed by atoms with E-state index in [1.165, 1.54) is 19.2 Å². The molecule has 0 saturated heterocycles. The molecule has 0 fully saturated rings. The van der Waals surface area contributed by atoms with E-state index in [0.717, 1.165) is 5.56 Å². The summed E-state index contributed by atoms with van der Waals surface area (Å²) in [6.45, 7) is 3.92. The molecule has 1 unspecified atom stereocenters. The Hall–Kier alpha value is -2.91. The van der Waals surface area contributed by atoms with Crippen LogP contribution >= 0.6 is 0 Å². The molecule has 29 heavy (non-hydrogen) atoms. The number of carbonyl (C=O) groups excluding carboxylic acids is 2. The lowest BCUT2D eigenvalue weighted by atomic mass is 10.1. The quantitative estimate of drug-likeness (QED) is 0.728. The number of hydrogen-bond donors (Lipinski definition) is 2. The van der Waals surface area contributed by atoms with Crippen LogP contribution in [0, 0.1) is 0 Å². The fourth-order valence-corrected chi connectivity index (χ4v) is 4.02. The molecule has 2 aromatic rings. The summed E-state index contributed by atoms with van der Waals surface area (Å²) in [6.07, 6.45) is 0.629. The Morgan fingerprint density at radius 1 is 1.17 bits per heavy atom. The zero-order valence-corrected chi connectivity index (χ0v) is 17.2. The van der Waals surface area contributed by atoms with Crippen LogP contribution in [0.1, 0.15) is 29.8 Å². The van der Waals surface area contributed by atoms with Gasteiger partial charge in [0.2, 0.25) is 10.0 Å². The molecule has 2 aromatic carbocycles. The number of hydrogen-bond acceptors (Lipinski definition) is 5. The van der Waals surface area contributed by atoms with Crippen molar-refractivity contribution in [3.05, 3.63) is 53.6 Å². The minimum atomic E-state index is -3.62. The van der Waals surface area contributed by atoms with E-state index in [-0.39, 0.29) is 23.6 Å². The topological polar surface area (TPSA) is 105 Å². The molecule has 1 atom stereocenters. The van der Waals surface area contributed by atoms with Crippen molar-refractivity contribution in [1.29, 1.82) is 0 Å². The maximum atomic E-state index is 12.9. The molecule has 154 valence electrons. The molecule has 2 amide bonds. The predicted octanol–water partition coefficient (Wildman–Crippen LogP) is 2.75. The molecule has 0 bridgehead atoms. The number of nitrogens with one attached hydrogen (secondary N) is 2. The lowest BCUT2D eigenvalue weighted by molar-refractivity contribution is 0.0526. The fraction of sp³-hybridized carbons (Fsp3) is 0.300. The van der Waals surface area contributed by atoms with Crippen LogP contribution in [0.3, 0.4) is 0 Å². The molecule has 1 aliphatic rings. The third kappa shape index (κ3) is 4.25. The standard InChI is InChI=1S/C20H23N3O5S/c1-4-28-19(24)14-5-8-16(9-6-14)22-20(25)23-13(2)11-15-7-10-17(12-18(15)23)29(26,27)21-3/h5-10,12-13,21H,4,11H2,1-3H3,(H,22,25). The summed E-state index contributed by atoms with van der Waals surface area (Å²) < 4.78 is 31.5. The first-order valence-electron chi connectivity index (χ1n) is 9.20. The van der Waals surface area contributed by atoms with Crippen molar-refractivity contribution in [2.45, 2.75) is 31.2 Å². The van der Waals surface area contributed by atoms with Crippen LogP contribution in [0.25, 0.3) is 0 Å². The second kappa shape index (κ2) is 8.22. The van der Waals surface area contributed by atoms with Crippen LogP contribution in [-0.4, -0.2) is 40.1 Å². The van der Waals surface area contributed by atoms with E-state index in [2.05, 4.69) is 10.0 Å². The average Bonchev–Trinajstić information content (AvgIpc) is 3.03. The summed E-state index contributed by atoms with van der Waals surface area (Å²) in [5.74, 6) is -0.425. The molecular formula is C20H23N3O5S. The van der Waals surface area contributed by atoms with Gasteiger partial charge < -0.3 is 10.1 Å². The number of ether oxygens (including phenoxy) is 1. The highest BCUT2D eigenvalue weighted by Gasteiger charge is 2.32. The van der Waals surface area contributed by atoms with Gasteiger partial charge in [-0.25, -0.2) is 22.7 Å². The summed E-state index contributed by atoms with van der Waals surface area (Å²) >= 11 is 0. The number of urea groups is 1. The van der Waals surface area contributed by atoms with Crippen LogP contribution in [0.5, 0.6) is 0 Å². The van der Waals surface area contributed by atoms with E-state index < -0.39 is 16.0 Å². The highest BCUT2D eigenvalue weighted by atomic mass is 32.2. The molecule has 2 N–H and O–H groups in total. The molecule has 0 aromatic heterocycles. The summed E-state index contributed by atoms with van der Waals surface area (Å²) in [7, 11) is -2.27. The maximum absolute atomic E-state index is 12.9. The molecule has 8 nitrogen and oxygen atoms in total. The lowest BCUT2D eigenvalue weighted by Crippen LogP contribution is -2.39. The highest BCUT2D eigenvalue weighted by Crippen LogP contribution is 2.34. The van der Waals surface area contributed by atoms with Crippen molar-refractivity contribution in [2.24, 2.45) is 0 Å². The smallest absolute Gasteiger partial charge is 0.338 e. The Balaban J connectivity index is 1.82. The Kier molecular flexibility index (Phi) is 5.90. The minimum absolute atomic E-state index is 0.101. The summed E-state index contributed by atoms with van der Waals surface area (Å²) in [5.41, 5.74) is 2.38. The summed E-state index contributed by atoms with van der Waals surface area (Å²) in [5, 5.41) is 2.80. The zero-order chi connectivity index (χ0) is 21.2. The number of nitrogens with zero attached hydrogens (tertiary/aromatic N) is 1. The van der Waals surface area contributed by atoms with Gasteiger partial charge in [0.05, 0.1) is 22.8 Å². The Labute approximate surface area is 169 Å². The largest absolute Gasteiger partial charge is 0.462 e. The second-order valence-electron chi connectivity index (χ2n) is 6.65. The minimum Gasteiger partial charge on any atom is -0.462 e. The van der Waals surface area contributed by atoms with E-state index in [1.807, 2.05) is 6.92 Å². The Morgan fingerprint density at radius 3 is 2.48 bits per heavy atom. The van der Waals surface area contributed by atoms with Gasteiger partial charge in [-0.2, -0.15) is 0 Å². The summed E-state index contributed by atoms with van der Waals surface area (Å²) in [6, 6.07) is 10.7. The van der Waals surface area contributed by atoms with Crippen LogP contribution in [0.15, 0.2) is 47.4 Å². The van der Waals surface area contributed by atoms with Gasteiger partial charge in [-0.1, -0.05) is 6.07 Å². The summed E-state index contributed by atoms with van der Waals surface area (Å²) in [4.78, 5) is 26.3. The first kappa shape index (κ1) is 20.8. The van der Waals surface area contributed by atoms with Gasteiger partial charge in [0.25, 0.3) is 0 Å². The van der Waals surface area contributed by atoms with Crippen molar-refractivity contribution >= 4 is 33.4 Å². The van der Waals surface area contributed by atoms with Crippen LogP contribution in [0.2, 0.25) is 0 Å². The molecule has 0 aliphatic carbocycles.